The molecule has 0 bridgehead atoms. The molecule has 9 heteroatoms. The minimum Gasteiger partial charge on any atom is -0.377 e. The zero-order valence-corrected chi connectivity index (χ0v) is 14.9. The SMILES string of the molecule is CN(C)c1cccc2c(S(=O)(=O)Nc3ccnc4nonc34)cccc12. The Labute approximate surface area is 149 Å². The Bertz CT molecular complexity index is 1220. The summed E-state index contributed by atoms with van der Waals surface area (Å²) in [6.45, 7) is 0. The van der Waals surface area contributed by atoms with E-state index in [-0.39, 0.29) is 21.7 Å². The molecule has 0 saturated heterocycles. The Morgan fingerprint density at radius 3 is 2.58 bits per heavy atom. The van der Waals surface area contributed by atoms with Crippen molar-refractivity contribution >= 4 is 43.3 Å². The fourth-order valence-electron chi connectivity index (χ4n) is 2.87. The van der Waals surface area contributed by atoms with E-state index in [2.05, 4.69) is 24.6 Å². The lowest BCUT2D eigenvalue weighted by molar-refractivity contribution is 0.315. The van der Waals surface area contributed by atoms with Crippen molar-refractivity contribution in [1.82, 2.24) is 15.3 Å². The van der Waals surface area contributed by atoms with E-state index >= 15 is 0 Å². The third-order valence-electron chi connectivity index (χ3n) is 4.04. The number of rotatable bonds is 4. The highest BCUT2D eigenvalue weighted by atomic mass is 32.2. The first kappa shape index (κ1) is 16.3. The van der Waals surface area contributed by atoms with Gasteiger partial charge in [0.2, 0.25) is 5.65 Å². The summed E-state index contributed by atoms with van der Waals surface area (Å²) in [6.07, 6.45) is 1.44. The van der Waals surface area contributed by atoms with Crippen LogP contribution in [0.2, 0.25) is 0 Å². The Morgan fingerprint density at radius 1 is 1.00 bits per heavy atom. The van der Waals surface area contributed by atoms with Gasteiger partial charge < -0.3 is 4.90 Å². The lowest BCUT2D eigenvalue weighted by Gasteiger charge is -2.17. The van der Waals surface area contributed by atoms with E-state index in [4.69, 9.17) is 0 Å². The van der Waals surface area contributed by atoms with Gasteiger partial charge in [-0.3, -0.25) is 4.72 Å². The van der Waals surface area contributed by atoms with E-state index in [1.54, 1.807) is 18.2 Å². The van der Waals surface area contributed by atoms with Gasteiger partial charge in [-0.2, -0.15) is 0 Å². The second kappa shape index (κ2) is 5.95. The number of fused-ring (bicyclic) bond motifs is 2. The highest BCUT2D eigenvalue weighted by molar-refractivity contribution is 7.93. The first-order valence-electron chi connectivity index (χ1n) is 7.76. The van der Waals surface area contributed by atoms with Gasteiger partial charge in [-0.25, -0.2) is 18.0 Å². The molecule has 2 aromatic carbocycles. The normalized spacial score (nSPS) is 11.8. The average molecular weight is 369 g/mol. The average Bonchev–Trinajstić information content (AvgIpc) is 3.10. The van der Waals surface area contributed by atoms with Crippen LogP contribution in [0.4, 0.5) is 11.4 Å². The van der Waals surface area contributed by atoms with Crippen molar-refractivity contribution in [1.29, 1.82) is 0 Å². The number of hydrogen-bond acceptors (Lipinski definition) is 7. The smallest absolute Gasteiger partial charge is 0.262 e. The van der Waals surface area contributed by atoms with Gasteiger partial charge in [-0.05, 0) is 28.5 Å². The zero-order chi connectivity index (χ0) is 18.3. The standard InChI is InChI=1S/C17H15N5O3S/c1-22(2)14-7-3-6-12-11(14)5-4-8-15(12)26(23,24)21-13-9-10-18-17-16(13)19-25-20-17/h3-10,21H,1-2H3. The van der Waals surface area contributed by atoms with Crippen LogP contribution in [0.5, 0.6) is 0 Å². The number of anilines is 2. The third-order valence-corrected chi connectivity index (χ3v) is 5.46. The maximum absolute atomic E-state index is 13.0. The summed E-state index contributed by atoms with van der Waals surface area (Å²) in [7, 11) is -0.0252. The summed E-state index contributed by atoms with van der Waals surface area (Å²) >= 11 is 0. The Hall–Kier alpha value is -3.20. The molecular weight excluding hydrogens is 354 g/mol. The van der Waals surface area contributed by atoms with Crippen LogP contribution in [0.1, 0.15) is 0 Å². The van der Waals surface area contributed by atoms with Crippen molar-refractivity contribution in [2.24, 2.45) is 0 Å². The van der Waals surface area contributed by atoms with Crippen molar-refractivity contribution in [2.45, 2.75) is 4.90 Å². The van der Waals surface area contributed by atoms with Gasteiger partial charge in [-0.1, -0.05) is 24.3 Å². The predicted molar refractivity (Wildman–Crippen MR) is 98.7 cm³/mol. The van der Waals surface area contributed by atoms with Crippen LogP contribution in [-0.4, -0.2) is 37.8 Å². The van der Waals surface area contributed by atoms with Gasteiger partial charge >= 0.3 is 0 Å². The van der Waals surface area contributed by atoms with E-state index in [0.717, 1.165) is 11.1 Å². The van der Waals surface area contributed by atoms with Crippen LogP contribution in [0.25, 0.3) is 21.9 Å². The highest BCUT2D eigenvalue weighted by Gasteiger charge is 2.20. The van der Waals surface area contributed by atoms with Crippen molar-refractivity contribution in [3.63, 3.8) is 0 Å². The fourth-order valence-corrected chi connectivity index (χ4v) is 4.16. The molecule has 0 aliphatic heterocycles. The van der Waals surface area contributed by atoms with Crippen molar-refractivity contribution in [3.05, 3.63) is 48.7 Å². The van der Waals surface area contributed by atoms with Gasteiger partial charge in [0, 0.05) is 36.8 Å². The number of nitrogens with one attached hydrogen (secondary N) is 1. The molecule has 4 rings (SSSR count). The van der Waals surface area contributed by atoms with Gasteiger partial charge in [0.25, 0.3) is 10.0 Å². The summed E-state index contributed by atoms with van der Waals surface area (Å²) < 4.78 is 33.3. The first-order chi connectivity index (χ1) is 12.5. The van der Waals surface area contributed by atoms with E-state index < -0.39 is 10.0 Å². The summed E-state index contributed by atoms with van der Waals surface area (Å²) in [5.74, 6) is 0. The number of nitrogens with zero attached hydrogens (tertiary/aromatic N) is 4. The summed E-state index contributed by atoms with van der Waals surface area (Å²) in [5.41, 5.74) is 1.69. The quantitative estimate of drug-likeness (QED) is 0.590. The molecule has 4 aromatic rings. The van der Waals surface area contributed by atoms with Crippen LogP contribution in [-0.2, 0) is 10.0 Å². The number of pyridine rings is 1. The third kappa shape index (κ3) is 2.62. The molecule has 0 saturated carbocycles. The number of benzene rings is 2. The fraction of sp³-hybridized carbons (Fsp3) is 0.118. The molecule has 0 radical (unpaired) electrons. The molecule has 8 nitrogen and oxygen atoms in total. The second-order valence-electron chi connectivity index (χ2n) is 5.92. The van der Waals surface area contributed by atoms with Crippen LogP contribution in [0, 0.1) is 0 Å². The lowest BCUT2D eigenvalue weighted by Crippen LogP contribution is -2.14. The van der Waals surface area contributed by atoms with Crippen LogP contribution in [0.15, 0.2) is 58.2 Å². The summed E-state index contributed by atoms with van der Waals surface area (Å²) in [4.78, 5) is 6.10. The molecule has 2 heterocycles. The lowest BCUT2D eigenvalue weighted by atomic mass is 10.1. The Kier molecular flexibility index (Phi) is 3.73. The maximum Gasteiger partial charge on any atom is 0.262 e. The van der Waals surface area contributed by atoms with E-state index in [1.165, 1.54) is 12.3 Å². The summed E-state index contributed by atoms with van der Waals surface area (Å²) in [5, 5.41) is 8.82. The van der Waals surface area contributed by atoms with Gasteiger partial charge in [0.15, 0.2) is 5.52 Å². The predicted octanol–water partition coefficient (Wildman–Crippen LogP) is 2.64. The maximum atomic E-state index is 13.0. The Balaban J connectivity index is 1.86. The highest BCUT2D eigenvalue weighted by Crippen LogP contribution is 2.31. The summed E-state index contributed by atoms with van der Waals surface area (Å²) in [6, 6.07) is 12.3. The molecule has 0 spiro atoms. The van der Waals surface area contributed by atoms with Crippen molar-refractivity contribution in [3.8, 4) is 0 Å². The molecule has 0 aliphatic carbocycles. The molecule has 0 aliphatic rings. The molecule has 1 N–H and O–H groups in total. The van der Waals surface area contributed by atoms with E-state index in [1.807, 2.05) is 37.2 Å². The Morgan fingerprint density at radius 2 is 1.77 bits per heavy atom. The van der Waals surface area contributed by atoms with Gasteiger partial charge in [-0.15, -0.1) is 0 Å². The minimum atomic E-state index is -3.86. The number of aromatic nitrogens is 3. The molecule has 132 valence electrons. The molecule has 0 fully saturated rings. The monoisotopic (exact) mass is 369 g/mol. The van der Waals surface area contributed by atoms with Crippen LogP contribution >= 0.6 is 0 Å². The minimum absolute atomic E-state index is 0.181. The molecule has 0 amide bonds. The van der Waals surface area contributed by atoms with Crippen molar-refractivity contribution < 1.29 is 13.0 Å². The largest absolute Gasteiger partial charge is 0.377 e. The van der Waals surface area contributed by atoms with E-state index in [0.29, 0.717) is 5.39 Å². The molecule has 0 atom stereocenters. The van der Waals surface area contributed by atoms with E-state index in [9.17, 15) is 8.42 Å². The van der Waals surface area contributed by atoms with Crippen LogP contribution in [0.3, 0.4) is 0 Å². The molecule has 0 unspecified atom stereocenters. The zero-order valence-electron chi connectivity index (χ0n) is 14.0. The van der Waals surface area contributed by atoms with Gasteiger partial charge in [0.05, 0.1) is 10.6 Å². The molecular formula is C17H15N5O3S. The molecule has 2 aromatic heterocycles. The topological polar surface area (TPSA) is 101 Å². The number of hydrogen-bond donors (Lipinski definition) is 1. The van der Waals surface area contributed by atoms with Gasteiger partial charge in [0.1, 0.15) is 0 Å². The first-order valence-corrected chi connectivity index (χ1v) is 9.25. The second-order valence-corrected chi connectivity index (χ2v) is 7.57. The van der Waals surface area contributed by atoms with Crippen molar-refractivity contribution in [2.75, 3.05) is 23.7 Å². The number of sulfonamides is 1. The van der Waals surface area contributed by atoms with Crippen LogP contribution < -0.4 is 9.62 Å². The molecule has 26 heavy (non-hydrogen) atoms.